The van der Waals surface area contributed by atoms with Crippen LogP contribution in [0.1, 0.15) is 16.1 Å². The first-order valence-corrected chi connectivity index (χ1v) is 8.24. The molecule has 1 amide bonds. The smallest absolute Gasteiger partial charge is 0.274 e. The van der Waals surface area contributed by atoms with E-state index in [1.54, 1.807) is 30.3 Å². The molecule has 0 aliphatic heterocycles. The van der Waals surface area contributed by atoms with Gasteiger partial charge in [0.05, 0.1) is 11.6 Å². The molecule has 27 heavy (non-hydrogen) atoms. The molecule has 0 aliphatic rings. The number of benzene rings is 2. The van der Waals surface area contributed by atoms with Crippen LogP contribution < -0.4 is 15.5 Å². The monoisotopic (exact) mass is 358 g/mol. The van der Waals surface area contributed by atoms with Gasteiger partial charge in [0, 0.05) is 37.4 Å². The SMILES string of the molecule is CN(C)c1ccc(Nc2nccc(C(=O)Nc3ccc(C#N)cc3)n2)cc1. The van der Waals surface area contributed by atoms with Crippen molar-refractivity contribution >= 4 is 28.9 Å². The summed E-state index contributed by atoms with van der Waals surface area (Å²) in [7, 11) is 3.95. The number of hydrogen-bond acceptors (Lipinski definition) is 6. The molecule has 7 nitrogen and oxygen atoms in total. The molecular formula is C20H18N6O. The Labute approximate surface area is 157 Å². The molecule has 0 radical (unpaired) electrons. The first kappa shape index (κ1) is 17.9. The molecule has 0 bridgehead atoms. The van der Waals surface area contributed by atoms with Crippen molar-refractivity contribution in [3.05, 3.63) is 72.1 Å². The second-order valence-electron chi connectivity index (χ2n) is 5.98. The molecule has 3 aromatic rings. The summed E-state index contributed by atoms with van der Waals surface area (Å²) in [5.41, 5.74) is 3.26. The van der Waals surface area contributed by atoms with Crippen molar-refractivity contribution in [1.82, 2.24) is 9.97 Å². The minimum atomic E-state index is -0.354. The van der Waals surface area contributed by atoms with Crippen LogP contribution in [0.3, 0.4) is 0 Å². The van der Waals surface area contributed by atoms with E-state index in [0.29, 0.717) is 17.2 Å². The molecule has 0 aliphatic carbocycles. The van der Waals surface area contributed by atoms with Gasteiger partial charge in [-0.2, -0.15) is 5.26 Å². The van der Waals surface area contributed by atoms with Crippen molar-refractivity contribution in [2.24, 2.45) is 0 Å². The van der Waals surface area contributed by atoms with E-state index in [0.717, 1.165) is 11.4 Å². The van der Waals surface area contributed by atoms with Gasteiger partial charge in [0.15, 0.2) is 0 Å². The molecule has 3 rings (SSSR count). The summed E-state index contributed by atoms with van der Waals surface area (Å²) in [5.74, 6) is -0.0202. The van der Waals surface area contributed by atoms with Crippen LogP contribution in [0.4, 0.5) is 23.0 Å². The van der Waals surface area contributed by atoms with Crippen LogP contribution >= 0.6 is 0 Å². The number of rotatable bonds is 5. The number of anilines is 4. The van der Waals surface area contributed by atoms with Gasteiger partial charge in [-0.05, 0) is 54.6 Å². The summed E-state index contributed by atoms with van der Waals surface area (Å²) in [4.78, 5) is 22.8. The van der Waals surface area contributed by atoms with Crippen molar-refractivity contribution < 1.29 is 4.79 Å². The van der Waals surface area contributed by atoms with E-state index >= 15 is 0 Å². The zero-order chi connectivity index (χ0) is 19.2. The van der Waals surface area contributed by atoms with Gasteiger partial charge < -0.3 is 15.5 Å². The van der Waals surface area contributed by atoms with Crippen LogP contribution in [-0.2, 0) is 0 Å². The quantitative estimate of drug-likeness (QED) is 0.726. The third kappa shape index (κ3) is 4.58. The zero-order valence-corrected chi connectivity index (χ0v) is 15.0. The predicted molar refractivity (Wildman–Crippen MR) is 105 cm³/mol. The molecule has 0 saturated carbocycles. The lowest BCUT2D eigenvalue weighted by Gasteiger charge is -2.13. The second-order valence-corrected chi connectivity index (χ2v) is 5.98. The number of nitrogens with one attached hydrogen (secondary N) is 2. The molecule has 7 heteroatoms. The molecule has 0 unspecified atom stereocenters. The highest BCUT2D eigenvalue weighted by Crippen LogP contribution is 2.18. The summed E-state index contributed by atoms with van der Waals surface area (Å²) in [6.45, 7) is 0. The highest BCUT2D eigenvalue weighted by molar-refractivity contribution is 6.03. The molecule has 1 heterocycles. The van der Waals surface area contributed by atoms with Crippen LogP contribution in [0, 0.1) is 11.3 Å². The third-order valence-corrected chi connectivity index (χ3v) is 3.80. The fraction of sp³-hybridized carbons (Fsp3) is 0.100. The van der Waals surface area contributed by atoms with Crippen LogP contribution in [-0.4, -0.2) is 30.0 Å². The number of amides is 1. The molecule has 1 aromatic heterocycles. The number of carbonyl (C=O) groups excluding carboxylic acids is 1. The second kappa shape index (κ2) is 7.97. The molecule has 134 valence electrons. The maximum Gasteiger partial charge on any atom is 0.274 e. The Hall–Kier alpha value is -3.92. The number of nitriles is 1. The van der Waals surface area contributed by atoms with E-state index in [-0.39, 0.29) is 11.6 Å². The standard InChI is InChI=1S/C20H18N6O/c1-26(2)17-9-7-16(8-10-17)24-20-22-12-11-18(25-20)19(27)23-15-5-3-14(13-21)4-6-15/h3-12H,1-2H3,(H,23,27)(H,22,24,25). The van der Waals surface area contributed by atoms with Crippen molar-refractivity contribution in [1.29, 1.82) is 5.26 Å². The largest absolute Gasteiger partial charge is 0.378 e. The van der Waals surface area contributed by atoms with Crippen molar-refractivity contribution in [3.63, 3.8) is 0 Å². The highest BCUT2D eigenvalue weighted by atomic mass is 16.1. The van der Waals surface area contributed by atoms with Crippen molar-refractivity contribution in [2.75, 3.05) is 29.6 Å². The average Bonchev–Trinajstić information content (AvgIpc) is 2.69. The molecule has 0 saturated heterocycles. The zero-order valence-electron chi connectivity index (χ0n) is 15.0. The van der Waals surface area contributed by atoms with E-state index < -0.39 is 0 Å². The summed E-state index contributed by atoms with van der Waals surface area (Å²) in [6.07, 6.45) is 1.53. The van der Waals surface area contributed by atoms with Gasteiger partial charge in [-0.3, -0.25) is 4.79 Å². The minimum Gasteiger partial charge on any atom is -0.378 e. The van der Waals surface area contributed by atoms with Crippen LogP contribution in [0.5, 0.6) is 0 Å². The van der Waals surface area contributed by atoms with E-state index in [1.807, 2.05) is 49.3 Å². The highest BCUT2D eigenvalue weighted by Gasteiger charge is 2.10. The Morgan fingerprint density at radius 2 is 1.67 bits per heavy atom. The van der Waals surface area contributed by atoms with Gasteiger partial charge in [0.25, 0.3) is 5.91 Å². The van der Waals surface area contributed by atoms with E-state index in [1.165, 1.54) is 6.20 Å². The average molecular weight is 358 g/mol. The summed E-state index contributed by atoms with van der Waals surface area (Å²) in [5, 5.41) is 14.7. The lowest BCUT2D eigenvalue weighted by atomic mass is 10.2. The van der Waals surface area contributed by atoms with E-state index in [9.17, 15) is 4.79 Å². The van der Waals surface area contributed by atoms with Crippen molar-refractivity contribution in [3.8, 4) is 6.07 Å². The fourth-order valence-corrected chi connectivity index (χ4v) is 2.34. The molecule has 0 atom stereocenters. The maximum absolute atomic E-state index is 12.4. The lowest BCUT2D eigenvalue weighted by Crippen LogP contribution is -2.14. The molecule has 0 fully saturated rings. The molecule has 2 N–H and O–H groups in total. The summed E-state index contributed by atoms with van der Waals surface area (Å²) >= 11 is 0. The van der Waals surface area contributed by atoms with Crippen LogP contribution in [0.25, 0.3) is 0 Å². The van der Waals surface area contributed by atoms with Crippen LogP contribution in [0.2, 0.25) is 0 Å². The maximum atomic E-state index is 12.4. The van der Waals surface area contributed by atoms with Crippen LogP contribution in [0.15, 0.2) is 60.8 Å². The van der Waals surface area contributed by atoms with E-state index in [4.69, 9.17) is 5.26 Å². The van der Waals surface area contributed by atoms with Crippen molar-refractivity contribution in [2.45, 2.75) is 0 Å². The van der Waals surface area contributed by atoms with Gasteiger partial charge >= 0.3 is 0 Å². The number of carbonyl (C=O) groups is 1. The van der Waals surface area contributed by atoms with Gasteiger partial charge in [0.2, 0.25) is 5.95 Å². The Morgan fingerprint density at radius 3 is 2.30 bits per heavy atom. The molecular weight excluding hydrogens is 340 g/mol. The fourth-order valence-electron chi connectivity index (χ4n) is 2.34. The number of aromatic nitrogens is 2. The molecule has 2 aromatic carbocycles. The number of nitrogens with zero attached hydrogens (tertiary/aromatic N) is 4. The minimum absolute atomic E-state index is 0.238. The summed E-state index contributed by atoms with van der Waals surface area (Å²) < 4.78 is 0. The Bertz CT molecular complexity index is 975. The normalized spacial score (nSPS) is 9.96. The Kier molecular flexibility index (Phi) is 5.28. The molecule has 0 spiro atoms. The first-order chi connectivity index (χ1) is 13.0. The van der Waals surface area contributed by atoms with Gasteiger partial charge in [0.1, 0.15) is 5.69 Å². The van der Waals surface area contributed by atoms with Gasteiger partial charge in [-0.15, -0.1) is 0 Å². The predicted octanol–water partition coefficient (Wildman–Crippen LogP) is 3.41. The van der Waals surface area contributed by atoms with E-state index in [2.05, 4.69) is 20.6 Å². The summed E-state index contributed by atoms with van der Waals surface area (Å²) in [6, 6.07) is 18.0. The first-order valence-electron chi connectivity index (χ1n) is 8.24. The number of hydrogen-bond donors (Lipinski definition) is 2. The third-order valence-electron chi connectivity index (χ3n) is 3.80. The topological polar surface area (TPSA) is 93.9 Å². The lowest BCUT2D eigenvalue weighted by molar-refractivity contribution is 0.102. The Balaban J connectivity index is 1.70. The Morgan fingerprint density at radius 1 is 1.00 bits per heavy atom. The van der Waals surface area contributed by atoms with Gasteiger partial charge in [-0.1, -0.05) is 0 Å². The van der Waals surface area contributed by atoms with Gasteiger partial charge in [-0.25, -0.2) is 9.97 Å².